The van der Waals surface area contributed by atoms with E-state index in [1.165, 1.54) is 7.11 Å². The van der Waals surface area contributed by atoms with Gasteiger partial charge in [-0.1, -0.05) is 0 Å². The highest BCUT2D eigenvalue weighted by atomic mass is 16.7. The van der Waals surface area contributed by atoms with Crippen molar-refractivity contribution in [1.29, 1.82) is 0 Å². The van der Waals surface area contributed by atoms with Crippen LogP contribution in [0.15, 0.2) is 0 Å². The van der Waals surface area contributed by atoms with Crippen molar-refractivity contribution in [3.8, 4) is 0 Å². The smallest absolute Gasteiger partial charge is 0.335 e. The van der Waals surface area contributed by atoms with Crippen molar-refractivity contribution in [3.63, 3.8) is 0 Å². The summed E-state index contributed by atoms with van der Waals surface area (Å²) in [5.74, 6) is -1.43. The van der Waals surface area contributed by atoms with E-state index in [9.17, 15) is 20.1 Å². The molecule has 0 aromatic rings. The van der Waals surface area contributed by atoms with Crippen molar-refractivity contribution >= 4 is 5.97 Å². The van der Waals surface area contributed by atoms with Crippen molar-refractivity contribution in [2.75, 3.05) is 7.11 Å². The van der Waals surface area contributed by atoms with Crippen LogP contribution in [0.1, 0.15) is 0 Å². The number of carboxylic acid groups (broad SMARTS) is 1. The second-order valence-corrected chi connectivity index (χ2v) is 2.97. The van der Waals surface area contributed by atoms with Gasteiger partial charge in [0.15, 0.2) is 12.4 Å². The lowest BCUT2D eigenvalue weighted by molar-refractivity contribution is -0.287. The third-order valence-corrected chi connectivity index (χ3v) is 2.05. The molecule has 0 aliphatic carbocycles. The third-order valence-electron chi connectivity index (χ3n) is 2.05. The molecule has 0 saturated carbocycles. The van der Waals surface area contributed by atoms with Crippen LogP contribution in [0, 0.1) is 0 Å². The first-order valence-electron chi connectivity index (χ1n) is 3.94. The Labute approximate surface area is 79.5 Å². The Morgan fingerprint density at radius 3 is 2.21 bits per heavy atom. The number of hydrogen-bond donors (Lipinski definition) is 4. The first-order valence-corrected chi connectivity index (χ1v) is 3.94. The van der Waals surface area contributed by atoms with Crippen molar-refractivity contribution in [2.45, 2.75) is 30.7 Å². The van der Waals surface area contributed by atoms with E-state index >= 15 is 0 Å². The zero-order valence-electron chi connectivity index (χ0n) is 7.40. The minimum absolute atomic E-state index is 1.19. The van der Waals surface area contributed by atoms with Crippen LogP contribution in [0.3, 0.4) is 0 Å². The van der Waals surface area contributed by atoms with E-state index in [1.807, 2.05) is 0 Å². The Balaban J connectivity index is 2.78. The molecule has 82 valence electrons. The minimum Gasteiger partial charge on any atom is -0.479 e. The summed E-state index contributed by atoms with van der Waals surface area (Å²) in [6, 6.07) is 0. The fraction of sp³-hybridized carbons (Fsp3) is 0.857. The molecule has 1 saturated heterocycles. The fourth-order valence-corrected chi connectivity index (χ4v) is 1.25. The first-order chi connectivity index (χ1) is 6.49. The molecule has 7 heteroatoms. The largest absolute Gasteiger partial charge is 0.479 e. The number of aliphatic hydroxyl groups is 3. The van der Waals surface area contributed by atoms with Crippen LogP contribution < -0.4 is 0 Å². The molecule has 0 bridgehead atoms. The number of aliphatic hydroxyl groups excluding tert-OH is 3. The molecular weight excluding hydrogens is 196 g/mol. The molecule has 0 aromatic heterocycles. The summed E-state index contributed by atoms with van der Waals surface area (Å²) in [5.41, 5.74) is 0. The van der Waals surface area contributed by atoms with Crippen LogP contribution in [-0.2, 0) is 14.3 Å². The molecule has 1 aliphatic rings. The summed E-state index contributed by atoms with van der Waals surface area (Å²) in [6.45, 7) is 0. The molecule has 4 N–H and O–H groups in total. The Hall–Kier alpha value is -0.730. The van der Waals surface area contributed by atoms with E-state index in [2.05, 4.69) is 4.74 Å². The van der Waals surface area contributed by atoms with Gasteiger partial charge >= 0.3 is 5.97 Å². The lowest BCUT2D eigenvalue weighted by Crippen LogP contribution is -2.60. The summed E-state index contributed by atoms with van der Waals surface area (Å²) in [4.78, 5) is 10.5. The van der Waals surface area contributed by atoms with E-state index in [0.29, 0.717) is 0 Å². The van der Waals surface area contributed by atoms with E-state index < -0.39 is 36.7 Å². The molecule has 1 aliphatic heterocycles. The molecule has 14 heavy (non-hydrogen) atoms. The van der Waals surface area contributed by atoms with Gasteiger partial charge in [0.2, 0.25) is 0 Å². The van der Waals surface area contributed by atoms with Crippen LogP contribution in [0.5, 0.6) is 0 Å². The van der Waals surface area contributed by atoms with Gasteiger partial charge in [0.05, 0.1) is 0 Å². The van der Waals surface area contributed by atoms with Gasteiger partial charge in [-0.15, -0.1) is 0 Å². The summed E-state index contributed by atoms with van der Waals surface area (Å²) >= 11 is 0. The average Bonchev–Trinajstić information content (AvgIpc) is 2.14. The minimum atomic E-state index is -1.67. The van der Waals surface area contributed by atoms with Crippen LogP contribution in [0.4, 0.5) is 0 Å². The number of hydrogen-bond acceptors (Lipinski definition) is 6. The topological polar surface area (TPSA) is 116 Å². The normalized spacial score (nSPS) is 43.6. The van der Waals surface area contributed by atoms with Crippen molar-refractivity contribution in [2.24, 2.45) is 0 Å². The van der Waals surface area contributed by atoms with Gasteiger partial charge in [0.25, 0.3) is 0 Å². The predicted octanol–water partition coefficient (Wildman–Crippen LogP) is -2.47. The zero-order valence-corrected chi connectivity index (χ0v) is 7.40. The monoisotopic (exact) mass is 208 g/mol. The Morgan fingerprint density at radius 1 is 1.21 bits per heavy atom. The molecule has 5 atom stereocenters. The standard InChI is InChI=1S/C7H12O7/c1-13-7-4(10)2(8)3(9)5(14-7)6(11)12/h2-5,7-10H,1H3,(H,11,12)/t2-,3+,4+,5-,7+/m0/s1. The number of carbonyl (C=O) groups is 1. The summed E-state index contributed by atoms with van der Waals surface area (Å²) in [7, 11) is 1.19. The maximum Gasteiger partial charge on any atom is 0.335 e. The maximum absolute atomic E-state index is 10.5. The quantitative estimate of drug-likeness (QED) is 0.397. The Morgan fingerprint density at radius 2 is 1.79 bits per heavy atom. The molecule has 7 nitrogen and oxygen atoms in total. The second-order valence-electron chi connectivity index (χ2n) is 2.97. The average molecular weight is 208 g/mol. The predicted molar refractivity (Wildman–Crippen MR) is 41.3 cm³/mol. The van der Waals surface area contributed by atoms with Crippen molar-refractivity contribution in [3.05, 3.63) is 0 Å². The molecule has 0 aromatic carbocycles. The number of carboxylic acids is 1. The third kappa shape index (κ3) is 1.86. The number of rotatable bonds is 2. The molecule has 1 fully saturated rings. The highest BCUT2D eigenvalue weighted by molar-refractivity contribution is 5.73. The number of aliphatic carboxylic acids is 1. The molecule has 0 unspecified atom stereocenters. The van der Waals surface area contributed by atoms with E-state index in [1.54, 1.807) is 0 Å². The molecular formula is C7H12O7. The SMILES string of the molecule is CO[C@@H]1O[C@H](C(=O)O)[C@H](O)[C@H](O)[C@H]1O. The molecule has 0 spiro atoms. The number of ether oxygens (including phenoxy) is 2. The van der Waals surface area contributed by atoms with E-state index in [4.69, 9.17) is 9.84 Å². The van der Waals surface area contributed by atoms with Gasteiger partial charge < -0.3 is 29.9 Å². The molecule has 0 radical (unpaired) electrons. The van der Waals surface area contributed by atoms with Gasteiger partial charge in [-0.25, -0.2) is 4.79 Å². The summed E-state index contributed by atoms with van der Waals surface area (Å²) < 4.78 is 9.31. The second kappa shape index (κ2) is 4.20. The van der Waals surface area contributed by atoms with E-state index in [0.717, 1.165) is 0 Å². The van der Waals surface area contributed by atoms with E-state index in [-0.39, 0.29) is 0 Å². The van der Waals surface area contributed by atoms with Crippen LogP contribution >= 0.6 is 0 Å². The van der Waals surface area contributed by atoms with Gasteiger partial charge in [-0.05, 0) is 0 Å². The lowest BCUT2D eigenvalue weighted by Gasteiger charge is -2.37. The Bertz CT molecular complexity index is 216. The lowest BCUT2D eigenvalue weighted by atomic mass is 9.99. The van der Waals surface area contributed by atoms with Gasteiger partial charge in [-0.3, -0.25) is 0 Å². The zero-order chi connectivity index (χ0) is 10.9. The Kier molecular flexibility index (Phi) is 3.40. The van der Waals surface area contributed by atoms with Crippen molar-refractivity contribution < 1.29 is 34.7 Å². The highest BCUT2D eigenvalue weighted by Gasteiger charge is 2.46. The first kappa shape index (κ1) is 11.3. The summed E-state index contributed by atoms with van der Waals surface area (Å²) in [6.07, 6.45) is -7.60. The molecule has 0 amide bonds. The van der Waals surface area contributed by atoms with Crippen LogP contribution in [-0.4, -0.2) is 64.2 Å². The van der Waals surface area contributed by atoms with Crippen LogP contribution in [0.2, 0.25) is 0 Å². The van der Waals surface area contributed by atoms with Crippen LogP contribution in [0.25, 0.3) is 0 Å². The molecule has 1 rings (SSSR count). The van der Waals surface area contributed by atoms with Crippen molar-refractivity contribution in [1.82, 2.24) is 0 Å². The maximum atomic E-state index is 10.5. The highest BCUT2D eigenvalue weighted by Crippen LogP contribution is 2.21. The molecule has 1 heterocycles. The van der Waals surface area contributed by atoms with Gasteiger partial charge in [0, 0.05) is 7.11 Å². The fourth-order valence-electron chi connectivity index (χ4n) is 1.25. The number of methoxy groups -OCH3 is 1. The summed E-state index contributed by atoms with van der Waals surface area (Å²) in [5, 5.41) is 36.3. The van der Waals surface area contributed by atoms with Gasteiger partial charge in [-0.2, -0.15) is 0 Å². The van der Waals surface area contributed by atoms with Gasteiger partial charge in [0.1, 0.15) is 18.3 Å².